The number of ether oxygens (including phenoxy) is 1. The highest BCUT2D eigenvalue weighted by Crippen LogP contribution is 2.18. The Morgan fingerprint density at radius 3 is 2.33 bits per heavy atom. The largest absolute Gasteiger partial charge is 0.497 e. The molecule has 1 heterocycles. The van der Waals surface area contributed by atoms with Gasteiger partial charge in [-0.2, -0.15) is 0 Å². The number of anilines is 1. The van der Waals surface area contributed by atoms with Gasteiger partial charge in [0.15, 0.2) is 0 Å². The summed E-state index contributed by atoms with van der Waals surface area (Å²) in [5, 5.41) is 7.35. The predicted octanol–water partition coefficient (Wildman–Crippen LogP) is 4.43. The van der Waals surface area contributed by atoms with E-state index in [1.165, 1.54) is 0 Å². The van der Waals surface area contributed by atoms with Crippen LogP contribution in [-0.4, -0.2) is 27.8 Å². The van der Waals surface area contributed by atoms with Crippen molar-refractivity contribution < 1.29 is 9.53 Å². The van der Waals surface area contributed by atoms with Crippen LogP contribution >= 0.6 is 0 Å². The van der Waals surface area contributed by atoms with Crippen molar-refractivity contribution in [2.45, 2.75) is 13.3 Å². The molecule has 0 radical (unpaired) electrons. The highest BCUT2D eigenvalue weighted by Gasteiger charge is 2.18. The van der Waals surface area contributed by atoms with E-state index in [0.29, 0.717) is 17.9 Å². The molecule has 30 heavy (non-hydrogen) atoms. The minimum Gasteiger partial charge on any atom is -0.497 e. The molecule has 1 N–H and O–H groups in total. The number of methoxy groups -OCH3 is 1. The second kappa shape index (κ2) is 8.61. The zero-order chi connectivity index (χ0) is 20.9. The van der Waals surface area contributed by atoms with E-state index in [1.54, 1.807) is 36.1 Å². The molecule has 1 amide bonds. The van der Waals surface area contributed by atoms with Crippen LogP contribution in [-0.2, 0) is 6.42 Å². The lowest BCUT2D eigenvalue weighted by Crippen LogP contribution is -2.14. The fourth-order valence-electron chi connectivity index (χ4n) is 3.09. The van der Waals surface area contributed by atoms with E-state index in [9.17, 15) is 4.79 Å². The van der Waals surface area contributed by atoms with Crippen LogP contribution in [0.15, 0.2) is 78.9 Å². The smallest absolute Gasteiger partial charge is 0.295 e. The number of amides is 1. The molecular weight excluding hydrogens is 376 g/mol. The van der Waals surface area contributed by atoms with Gasteiger partial charge in [0, 0.05) is 12.1 Å². The second-order valence-electron chi connectivity index (χ2n) is 6.94. The third kappa shape index (κ3) is 4.38. The number of nitrogens with one attached hydrogen (secondary N) is 1. The topological polar surface area (TPSA) is 69.0 Å². The minimum absolute atomic E-state index is 0.123. The van der Waals surface area contributed by atoms with Crippen LogP contribution in [0.1, 0.15) is 27.6 Å². The molecule has 0 aliphatic heterocycles. The molecule has 0 fully saturated rings. The van der Waals surface area contributed by atoms with Crippen molar-refractivity contribution in [2.24, 2.45) is 0 Å². The Kier molecular flexibility index (Phi) is 5.57. The van der Waals surface area contributed by atoms with Gasteiger partial charge in [0.1, 0.15) is 11.6 Å². The van der Waals surface area contributed by atoms with Gasteiger partial charge in [-0.1, -0.05) is 48.0 Å². The Labute approximate surface area is 175 Å². The number of benzene rings is 3. The fraction of sp³-hybridized carbons (Fsp3) is 0.125. The third-order valence-corrected chi connectivity index (χ3v) is 4.71. The van der Waals surface area contributed by atoms with Crippen LogP contribution in [0, 0.1) is 6.92 Å². The van der Waals surface area contributed by atoms with E-state index in [4.69, 9.17) is 4.74 Å². The van der Waals surface area contributed by atoms with E-state index in [0.717, 1.165) is 22.6 Å². The number of hydrogen-bond acceptors (Lipinski definition) is 4. The van der Waals surface area contributed by atoms with Crippen LogP contribution in [0.2, 0.25) is 0 Å². The molecule has 0 unspecified atom stereocenters. The molecule has 0 saturated carbocycles. The SMILES string of the molecule is COc1ccc(NC(=O)c2nc(Cc3ccccc3)n(-c3ccc(C)cc3)n2)cc1. The van der Waals surface area contributed by atoms with Crippen molar-refractivity contribution in [3.8, 4) is 11.4 Å². The number of aryl methyl sites for hydroxylation is 1. The van der Waals surface area contributed by atoms with Crippen LogP contribution in [0.25, 0.3) is 5.69 Å². The molecule has 4 rings (SSSR count). The Bertz CT molecular complexity index is 1130. The van der Waals surface area contributed by atoms with Crippen molar-refractivity contribution in [1.29, 1.82) is 0 Å². The maximum Gasteiger partial charge on any atom is 0.295 e. The number of nitrogens with zero attached hydrogens (tertiary/aromatic N) is 3. The first-order chi connectivity index (χ1) is 14.6. The molecular formula is C24H22N4O2. The number of hydrogen-bond donors (Lipinski definition) is 1. The maximum absolute atomic E-state index is 12.8. The third-order valence-electron chi connectivity index (χ3n) is 4.71. The molecule has 0 bridgehead atoms. The lowest BCUT2D eigenvalue weighted by atomic mass is 10.1. The van der Waals surface area contributed by atoms with Gasteiger partial charge in [0.2, 0.25) is 5.82 Å². The zero-order valence-electron chi connectivity index (χ0n) is 16.9. The molecule has 6 heteroatoms. The van der Waals surface area contributed by atoms with Crippen molar-refractivity contribution in [2.75, 3.05) is 12.4 Å². The van der Waals surface area contributed by atoms with Crippen LogP contribution in [0.4, 0.5) is 5.69 Å². The van der Waals surface area contributed by atoms with Gasteiger partial charge < -0.3 is 10.1 Å². The average Bonchev–Trinajstić information content (AvgIpc) is 3.19. The standard InChI is InChI=1S/C24H22N4O2/c1-17-8-12-20(13-9-17)28-22(16-18-6-4-3-5-7-18)26-23(27-28)24(29)25-19-10-14-21(30-2)15-11-19/h3-15H,16H2,1-2H3,(H,25,29). The van der Waals surface area contributed by atoms with Gasteiger partial charge in [0.05, 0.1) is 12.8 Å². The minimum atomic E-state index is -0.361. The van der Waals surface area contributed by atoms with Crippen molar-refractivity contribution >= 4 is 11.6 Å². The summed E-state index contributed by atoms with van der Waals surface area (Å²) in [7, 11) is 1.60. The number of carbonyl (C=O) groups excluding carboxylic acids is 1. The lowest BCUT2D eigenvalue weighted by molar-refractivity contribution is 0.101. The summed E-state index contributed by atoms with van der Waals surface area (Å²) in [4.78, 5) is 17.3. The molecule has 6 nitrogen and oxygen atoms in total. The van der Waals surface area contributed by atoms with Gasteiger partial charge in [-0.3, -0.25) is 4.79 Å². The van der Waals surface area contributed by atoms with Gasteiger partial charge in [-0.15, -0.1) is 5.10 Å². The summed E-state index contributed by atoms with van der Waals surface area (Å²) in [6.45, 7) is 2.03. The molecule has 0 aliphatic rings. The Morgan fingerprint density at radius 2 is 1.67 bits per heavy atom. The van der Waals surface area contributed by atoms with E-state index >= 15 is 0 Å². The first-order valence-electron chi connectivity index (χ1n) is 9.65. The molecule has 4 aromatic rings. The molecule has 0 spiro atoms. The van der Waals surface area contributed by atoms with Crippen LogP contribution in [0.3, 0.4) is 0 Å². The van der Waals surface area contributed by atoms with Gasteiger partial charge in [-0.25, -0.2) is 9.67 Å². The van der Waals surface area contributed by atoms with Gasteiger partial charge in [0.25, 0.3) is 5.91 Å². The van der Waals surface area contributed by atoms with Crippen molar-refractivity contribution in [1.82, 2.24) is 14.8 Å². The quantitative estimate of drug-likeness (QED) is 0.522. The average molecular weight is 398 g/mol. The van der Waals surface area contributed by atoms with Crippen LogP contribution in [0.5, 0.6) is 5.75 Å². The molecule has 150 valence electrons. The second-order valence-corrected chi connectivity index (χ2v) is 6.94. The predicted molar refractivity (Wildman–Crippen MR) is 116 cm³/mol. The molecule has 0 aliphatic carbocycles. The Morgan fingerprint density at radius 1 is 0.967 bits per heavy atom. The molecule has 1 aromatic heterocycles. The summed E-state index contributed by atoms with van der Waals surface area (Å²) in [5.41, 5.74) is 3.76. The number of aromatic nitrogens is 3. The van der Waals surface area contributed by atoms with Gasteiger partial charge in [-0.05, 0) is 48.9 Å². The highest BCUT2D eigenvalue weighted by molar-refractivity contribution is 6.01. The normalized spacial score (nSPS) is 10.6. The molecule has 0 atom stereocenters. The molecule has 0 saturated heterocycles. The Hall–Kier alpha value is -3.93. The summed E-state index contributed by atoms with van der Waals surface area (Å²) >= 11 is 0. The summed E-state index contributed by atoms with van der Waals surface area (Å²) < 4.78 is 6.88. The van der Waals surface area contributed by atoms with Gasteiger partial charge >= 0.3 is 0 Å². The van der Waals surface area contributed by atoms with Crippen LogP contribution < -0.4 is 10.1 Å². The summed E-state index contributed by atoms with van der Waals surface area (Å²) in [6.07, 6.45) is 0.567. The number of carbonyl (C=O) groups is 1. The first-order valence-corrected chi connectivity index (χ1v) is 9.65. The Balaban J connectivity index is 1.64. The van der Waals surface area contributed by atoms with Crippen molar-refractivity contribution in [3.63, 3.8) is 0 Å². The van der Waals surface area contributed by atoms with E-state index in [1.807, 2.05) is 61.5 Å². The zero-order valence-corrected chi connectivity index (χ0v) is 16.9. The summed E-state index contributed by atoms with van der Waals surface area (Å²) in [6, 6.07) is 25.1. The lowest BCUT2D eigenvalue weighted by Gasteiger charge is -2.06. The summed E-state index contributed by atoms with van der Waals surface area (Å²) in [5.74, 6) is 1.18. The van der Waals surface area contributed by atoms with Crippen molar-refractivity contribution in [3.05, 3.63) is 102 Å². The fourth-order valence-corrected chi connectivity index (χ4v) is 3.09. The molecule has 3 aromatic carbocycles. The highest BCUT2D eigenvalue weighted by atomic mass is 16.5. The van der Waals surface area contributed by atoms with E-state index in [-0.39, 0.29) is 11.7 Å². The first kappa shape index (κ1) is 19.4. The maximum atomic E-state index is 12.8. The number of rotatable bonds is 6. The van der Waals surface area contributed by atoms with E-state index in [2.05, 4.69) is 15.4 Å². The van der Waals surface area contributed by atoms with E-state index < -0.39 is 0 Å². The monoisotopic (exact) mass is 398 g/mol.